The maximum atomic E-state index is 7.83. The van der Waals surface area contributed by atoms with E-state index in [-0.39, 0.29) is 50.0 Å². The van der Waals surface area contributed by atoms with Gasteiger partial charge in [-0.25, -0.2) is 0 Å². The second kappa shape index (κ2) is 15.2. The van der Waals surface area contributed by atoms with E-state index in [4.69, 9.17) is 4.42 Å². The predicted octanol–water partition coefficient (Wildman–Crippen LogP) is 17.7. The number of benzene rings is 5. The molecule has 0 amide bonds. The molecule has 2 aliphatic heterocycles. The van der Waals surface area contributed by atoms with Crippen molar-refractivity contribution in [1.29, 1.82) is 0 Å². The summed E-state index contributed by atoms with van der Waals surface area (Å²) in [6, 6.07) is 28.6. The SMILES string of the molecule is CCC(C)c1cc2c3c(c1)N(c1ccc4c(c1)C(C)(C)CCC4(C)C)c1c(oc4cc5c(cc14)C(C)(C)CCC5(C)C)B3c1cc3c(cc1N2c1cc2c(cc1C)C(C)(C)CCC2(C)C)C(C)(C)CCC3(C)C. The number of hydrogen-bond donors (Lipinski definition) is 0. The Balaban J connectivity index is 1.25. The molecule has 6 aliphatic rings. The van der Waals surface area contributed by atoms with Crippen LogP contribution >= 0.6 is 0 Å². The molecule has 0 fully saturated rings. The zero-order valence-corrected chi connectivity index (χ0v) is 48.7. The van der Waals surface area contributed by atoms with Gasteiger partial charge < -0.3 is 14.2 Å². The van der Waals surface area contributed by atoms with Crippen molar-refractivity contribution < 1.29 is 4.42 Å². The van der Waals surface area contributed by atoms with Crippen molar-refractivity contribution >= 4 is 68.4 Å². The van der Waals surface area contributed by atoms with Crippen LogP contribution in [0.1, 0.15) is 244 Å². The van der Waals surface area contributed by atoms with Gasteiger partial charge in [0.1, 0.15) is 5.58 Å². The number of aryl methyl sites for hydroxylation is 1. The molecule has 4 aliphatic carbocycles. The van der Waals surface area contributed by atoms with Crippen LogP contribution in [0.3, 0.4) is 0 Å². The second-order valence-electron chi connectivity index (χ2n) is 30.0. The first-order chi connectivity index (χ1) is 33.9. The molecule has 0 N–H and O–H groups in total. The highest BCUT2D eigenvalue weighted by molar-refractivity contribution is 7.00. The first kappa shape index (κ1) is 49.2. The first-order valence-corrected chi connectivity index (χ1v) is 28.8. The van der Waals surface area contributed by atoms with Gasteiger partial charge >= 0.3 is 0 Å². The van der Waals surface area contributed by atoms with E-state index in [1.54, 1.807) is 0 Å². The fourth-order valence-corrected chi connectivity index (χ4v) is 15.3. The van der Waals surface area contributed by atoms with Crippen LogP contribution in [0.25, 0.3) is 11.0 Å². The van der Waals surface area contributed by atoms with Crippen LogP contribution in [-0.4, -0.2) is 6.71 Å². The zero-order chi connectivity index (χ0) is 52.3. The molecule has 5 aromatic carbocycles. The monoisotopic (exact) mass is 971 g/mol. The van der Waals surface area contributed by atoms with Gasteiger partial charge in [-0.15, -0.1) is 0 Å². The minimum Gasteiger partial charge on any atom is -0.468 e. The third-order valence-corrected chi connectivity index (χ3v) is 21.3. The van der Waals surface area contributed by atoms with Gasteiger partial charge in [-0.3, -0.25) is 0 Å². The zero-order valence-electron chi connectivity index (χ0n) is 48.7. The van der Waals surface area contributed by atoms with Crippen LogP contribution in [-0.2, 0) is 43.3 Å². The van der Waals surface area contributed by atoms with E-state index in [0.29, 0.717) is 5.92 Å². The first-order valence-electron chi connectivity index (χ1n) is 28.8. The standard InChI is InChI=1S/C69H87BN2O/c1-20-40(2)42-32-56-59-57(33-42)72(54-37-50-46(31-41(54)3)63(6,7)25-28-67(50,14)15)55-38-51-49(66(12,13)27-29-68(51,16)17)36-53(55)70(59)61-60(44-35-48-52(39-58(44)73-61)69(18,19)30-26-65(48,10)11)71(56)43-21-22-45-47(34-43)64(8,9)24-23-62(45,4)5/h21-22,31-40H,20,23-30H2,1-19H3. The molecular formula is C69H87BN2O. The van der Waals surface area contributed by atoms with Crippen LogP contribution in [0.2, 0.25) is 0 Å². The van der Waals surface area contributed by atoms with Gasteiger partial charge in [0.2, 0.25) is 0 Å². The van der Waals surface area contributed by atoms with Gasteiger partial charge in [0.25, 0.3) is 6.71 Å². The van der Waals surface area contributed by atoms with Crippen LogP contribution in [0.5, 0.6) is 0 Å². The van der Waals surface area contributed by atoms with Crippen LogP contribution in [0.4, 0.5) is 34.1 Å². The topological polar surface area (TPSA) is 19.6 Å². The minimum atomic E-state index is -0.105. The smallest absolute Gasteiger partial charge is 0.297 e. The molecule has 0 spiro atoms. The summed E-state index contributed by atoms with van der Waals surface area (Å²) in [4.78, 5) is 5.49. The van der Waals surface area contributed by atoms with Crippen LogP contribution < -0.4 is 26.4 Å². The number of anilines is 6. The van der Waals surface area contributed by atoms with Gasteiger partial charge in [-0.1, -0.05) is 143 Å². The van der Waals surface area contributed by atoms with Gasteiger partial charge in [-0.2, -0.15) is 0 Å². The maximum Gasteiger partial charge on any atom is 0.297 e. The highest BCUT2D eigenvalue weighted by Crippen LogP contribution is 2.57. The van der Waals surface area contributed by atoms with E-state index in [1.807, 2.05) is 0 Å². The maximum absolute atomic E-state index is 7.83. The van der Waals surface area contributed by atoms with E-state index in [2.05, 4.69) is 208 Å². The molecule has 1 unspecified atom stereocenters. The van der Waals surface area contributed by atoms with E-state index < -0.39 is 0 Å². The second-order valence-corrected chi connectivity index (χ2v) is 30.0. The summed E-state index contributed by atoms with van der Waals surface area (Å²) >= 11 is 0. The van der Waals surface area contributed by atoms with Crippen molar-refractivity contribution in [3.05, 3.63) is 122 Å². The lowest BCUT2D eigenvalue weighted by molar-refractivity contribution is 0.331. The lowest BCUT2D eigenvalue weighted by Gasteiger charge is -2.48. The van der Waals surface area contributed by atoms with Gasteiger partial charge in [0.05, 0.1) is 11.3 Å². The van der Waals surface area contributed by atoms with Gasteiger partial charge in [-0.05, 0) is 229 Å². The Hall–Kier alpha value is -4.70. The van der Waals surface area contributed by atoms with Crippen LogP contribution in [0, 0.1) is 6.92 Å². The summed E-state index contributed by atoms with van der Waals surface area (Å²) in [7, 11) is 0. The van der Waals surface area contributed by atoms with Crippen molar-refractivity contribution in [2.24, 2.45) is 0 Å². The average Bonchev–Trinajstić information content (AvgIpc) is 3.69. The third-order valence-electron chi connectivity index (χ3n) is 21.3. The summed E-state index contributed by atoms with van der Waals surface area (Å²) in [6.45, 7) is 46.9. The number of nitrogens with zero attached hydrogens (tertiary/aromatic N) is 2. The number of hydrogen-bond acceptors (Lipinski definition) is 3. The quantitative estimate of drug-likeness (QED) is 0.164. The largest absolute Gasteiger partial charge is 0.468 e. The Labute approximate surface area is 441 Å². The predicted molar refractivity (Wildman–Crippen MR) is 315 cm³/mol. The Morgan fingerprint density at radius 3 is 1.41 bits per heavy atom. The fraction of sp³-hybridized carbons (Fsp3) is 0.536. The van der Waals surface area contributed by atoms with Crippen molar-refractivity contribution in [3.63, 3.8) is 0 Å². The average molecular weight is 971 g/mol. The highest BCUT2D eigenvalue weighted by Gasteiger charge is 2.51. The molecular weight excluding hydrogens is 884 g/mol. The molecule has 0 bridgehead atoms. The molecule has 3 heterocycles. The Morgan fingerprint density at radius 2 is 0.890 bits per heavy atom. The number of fused-ring (bicyclic) bond motifs is 10. The van der Waals surface area contributed by atoms with E-state index >= 15 is 0 Å². The molecule has 6 aromatic rings. The highest BCUT2D eigenvalue weighted by atomic mass is 16.3. The van der Waals surface area contributed by atoms with Gasteiger partial charge in [0.15, 0.2) is 0 Å². The van der Waals surface area contributed by atoms with E-state index in [1.165, 1.54) is 157 Å². The molecule has 73 heavy (non-hydrogen) atoms. The Morgan fingerprint density at radius 1 is 0.466 bits per heavy atom. The molecule has 4 heteroatoms. The summed E-state index contributed by atoms with van der Waals surface area (Å²) in [6.07, 6.45) is 10.5. The summed E-state index contributed by atoms with van der Waals surface area (Å²) in [5.74, 6) is 0.360. The number of rotatable bonds is 4. The summed E-state index contributed by atoms with van der Waals surface area (Å²) in [5, 5.41) is 1.25. The van der Waals surface area contributed by atoms with Crippen molar-refractivity contribution in [2.45, 2.75) is 239 Å². The summed E-state index contributed by atoms with van der Waals surface area (Å²) in [5.41, 5.74) is 27.8. The molecule has 1 aromatic heterocycles. The lowest BCUT2D eigenvalue weighted by atomic mass is 9.35. The molecule has 12 rings (SSSR count). The third kappa shape index (κ3) is 7.01. The Kier molecular flexibility index (Phi) is 10.3. The van der Waals surface area contributed by atoms with E-state index in [9.17, 15) is 0 Å². The van der Waals surface area contributed by atoms with Crippen molar-refractivity contribution in [1.82, 2.24) is 0 Å². The van der Waals surface area contributed by atoms with Crippen molar-refractivity contribution in [2.75, 3.05) is 9.80 Å². The fourth-order valence-electron chi connectivity index (χ4n) is 15.3. The lowest BCUT2D eigenvalue weighted by Crippen LogP contribution is -2.61. The number of furan rings is 1. The Bertz CT molecular complexity index is 3340. The molecule has 0 radical (unpaired) electrons. The molecule has 0 saturated heterocycles. The van der Waals surface area contributed by atoms with Gasteiger partial charge in [0, 0.05) is 33.8 Å². The molecule has 3 nitrogen and oxygen atoms in total. The van der Waals surface area contributed by atoms with E-state index in [0.717, 1.165) is 17.7 Å². The minimum absolute atomic E-state index is 0.0307. The van der Waals surface area contributed by atoms with Crippen LogP contribution in [0.15, 0.2) is 71.1 Å². The molecule has 0 saturated carbocycles. The molecule has 1 atom stereocenters. The molecule has 382 valence electrons. The van der Waals surface area contributed by atoms with Crippen molar-refractivity contribution in [3.8, 4) is 0 Å². The summed E-state index contributed by atoms with van der Waals surface area (Å²) < 4.78 is 7.83. The normalized spacial score (nSPS) is 22.8.